The molecule has 0 saturated heterocycles. The molecule has 0 spiro atoms. The highest BCUT2D eigenvalue weighted by Gasteiger charge is 2.42. The molecule has 2 N–H and O–H groups in total. The number of nitrogens with two attached hydrogens (primary N) is 1. The topological polar surface area (TPSA) is 35.2 Å². The molecule has 0 heterocycles. The third-order valence-electron chi connectivity index (χ3n) is 3.02. The van der Waals surface area contributed by atoms with Crippen molar-refractivity contribution < 1.29 is 17.9 Å². The van der Waals surface area contributed by atoms with Gasteiger partial charge >= 0.3 is 6.18 Å². The number of ether oxygens (including phenoxy) is 1. The van der Waals surface area contributed by atoms with Gasteiger partial charge in [0.15, 0.2) is 0 Å². The van der Waals surface area contributed by atoms with E-state index in [4.69, 9.17) is 10.5 Å². The number of thiocarbonyl (C=S) groups is 1. The van der Waals surface area contributed by atoms with Crippen LogP contribution in [0.4, 0.5) is 13.2 Å². The predicted molar refractivity (Wildman–Crippen MR) is 77.1 cm³/mol. The maximum atomic E-state index is 12.7. The molecule has 0 fully saturated rings. The highest BCUT2D eigenvalue weighted by molar-refractivity contribution is 7.80. The second-order valence-corrected chi connectivity index (χ2v) is 5.45. The van der Waals surface area contributed by atoms with E-state index < -0.39 is 23.7 Å². The number of alkyl halides is 3. The van der Waals surface area contributed by atoms with Gasteiger partial charge in [0.2, 0.25) is 0 Å². The van der Waals surface area contributed by atoms with E-state index >= 15 is 0 Å². The largest absolute Gasteiger partial charge is 0.492 e. The normalized spacial score (nSPS) is 13.3. The molecule has 0 aliphatic heterocycles. The molecular weight excluding hydrogens is 287 g/mol. The molecule has 0 saturated carbocycles. The molecule has 0 bridgehead atoms. The van der Waals surface area contributed by atoms with E-state index in [-0.39, 0.29) is 0 Å². The highest BCUT2D eigenvalue weighted by atomic mass is 32.1. The van der Waals surface area contributed by atoms with Crippen molar-refractivity contribution in [2.24, 2.45) is 11.7 Å². The quantitative estimate of drug-likeness (QED) is 0.836. The molecule has 6 heteroatoms. The lowest BCUT2D eigenvalue weighted by Crippen LogP contribution is -2.38. The fourth-order valence-electron chi connectivity index (χ4n) is 1.90. The molecule has 0 aliphatic carbocycles. The summed E-state index contributed by atoms with van der Waals surface area (Å²) in [5.41, 5.74) is 7.23. The molecule has 1 atom stereocenters. The molecule has 1 aromatic rings. The summed E-state index contributed by atoms with van der Waals surface area (Å²) in [5, 5.41) is 0. The zero-order chi connectivity index (χ0) is 15.5. The van der Waals surface area contributed by atoms with Crippen molar-refractivity contribution in [1.29, 1.82) is 0 Å². The van der Waals surface area contributed by atoms with E-state index in [0.717, 1.165) is 11.1 Å². The minimum absolute atomic E-state index is 0.351. The first-order valence-electron chi connectivity index (χ1n) is 6.22. The Labute approximate surface area is 122 Å². The van der Waals surface area contributed by atoms with Crippen LogP contribution in [0.1, 0.15) is 30.9 Å². The Bertz CT molecular complexity index is 486. The Morgan fingerprint density at radius 3 is 2.35 bits per heavy atom. The van der Waals surface area contributed by atoms with Crippen LogP contribution in [0.25, 0.3) is 0 Å². The minimum atomic E-state index is -4.49. The van der Waals surface area contributed by atoms with Gasteiger partial charge in [0.1, 0.15) is 18.3 Å². The average molecular weight is 305 g/mol. The fraction of sp³-hybridized carbons (Fsp3) is 0.500. The van der Waals surface area contributed by atoms with Crippen LogP contribution in [0.2, 0.25) is 0 Å². The molecule has 0 aromatic heterocycles. The van der Waals surface area contributed by atoms with Crippen molar-refractivity contribution in [1.82, 2.24) is 0 Å². The van der Waals surface area contributed by atoms with Crippen molar-refractivity contribution in [3.05, 3.63) is 29.3 Å². The van der Waals surface area contributed by atoms with Crippen LogP contribution >= 0.6 is 12.2 Å². The van der Waals surface area contributed by atoms with E-state index in [9.17, 15) is 13.2 Å². The van der Waals surface area contributed by atoms with Crippen molar-refractivity contribution in [3.8, 4) is 5.75 Å². The van der Waals surface area contributed by atoms with Crippen LogP contribution in [0.3, 0.4) is 0 Å². The molecule has 0 aliphatic rings. The molecule has 1 rings (SSSR count). The first kappa shape index (κ1) is 16.8. The zero-order valence-corrected chi connectivity index (χ0v) is 12.4. The summed E-state index contributed by atoms with van der Waals surface area (Å²) in [4.78, 5) is -0.604. The Kier molecular flexibility index (Phi) is 5.39. The van der Waals surface area contributed by atoms with Crippen LogP contribution in [0.5, 0.6) is 5.75 Å². The van der Waals surface area contributed by atoms with E-state index in [0.29, 0.717) is 11.7 Å². The minimum Gasteiger partial charge on any atom is -0.492 e. The lowest BCUT2D eigenvalue weighted by molar-refractivity contribution is -0.161. The van der Waals surface area contributed by atoms with Crippen LogP contribution in [0, 0.1) is 12.8 Å². The summed E-state index contributed by atoms with van der Waals surface area (Å²) >= 11 is 4.44. The van der Waals surface area contributed by atoms with Crippen LogP contribution in [-0.2, 0) is 0 Å². The number of rotatable bonds is 5. The number of hydrogen-bond donors (Lipinski definition) is 1. The Morgan fingerprint density at radius 2 is 1.95 bits per heavy atom. The van der Waals surface area contributed by atoms with Gasteiger partial charge in [-0.05, 0) is 36.1 Å². The van der Waals surface area contributed by atoms with Gasteiger partial charge in [-0.15, -0.1) is 0 Å². The summed E-state index contributed by atoms with van der Waals surface area (Å²) in [6, 6.07) is 5.25. The van der Waals surface area contributed by atoms with Gasteiger partial charge in [-0.1, -0.05) is 32.1 Å². The summed E-state index contributed by atoms with van der Waals surface area (Å²) in [6.45, 7) is 5.40. The second-order valence-electron chi connectivity index (χ2n) is 4.98. The van der Waals surface area contributed by atoms with Gasteiger partial charge in [-0.3, -0.25) is 0 Å². The van der Waals surface area contributed by atoms with E-state index in [1.165, 1.54) is 0 Å². The SMILES string of the molecule is Cc1cc(OCC(C(N)=S)C(F)(F)F)ccc1C(C)C. The number of halogens is 3. The maximum absolute atomic E-state index is 12.7. The highest BCUT2D eigenvalue weighted by Crippen LogP contribution is 2.28. The predicted octanol–water partition coefficient (Wildman–Crippen LogP) is 3.96. The van der Waals surface area contributed by atoms with Gasteiger partial charge in [-0.2, -0.15) is 13.2 Å². The third kappa shape index (κ3) is 4.37. The van der Waals surface area contributed by atoms with Gasteiger partial charge in [-0.25, -0.2) is 0 Å². The number of benzene rings is 1. The van der Waals surface area contributed by atoms with Crippen molar-refractivity contribution in [2.45, 2.75) is 32.9 Å². The van der Waals surface area contributed by atoms with E-state index in [1.807, 2.05) is 13.0 Å². The summed E-state index contributed by atoms with van der Waals surface area (Å²) < 4.78 is 43.2. The number of hydrogen-bond acceptors (Lipinski definition) is 2. The number of aryl methyl sites for hydroxylation is 1. The average Bonchev–Trinajstić information content (AvgIpc) is 2.26. The Morgan fingerprint density at radius 1 is 1.35 bits per heavy atom. The monoisotopic (exact) mass is 305 g/mol. The van der Waals surface area contributed by atoms with E-state index in [2.05, 4.69) is 26.1 Å². The van der Waals surface area contributed by atoms with E-state index in [1.54, 1.807) is 12.1 Å². The Balaban J connectivity index is 2.79. The van der Waals surface area contributed by atoms with Crippen molar-refractivity contribution in [3.63, 3.8) is 0 Å². The van der Waals surface area contributed by atoms with Gasteiger partial charge < -0.3 is 10.5 Å². The molecule has 0 amide bonds. The zero-order valence-electron chi connectivity index (χ0n) is 11.6. The molecule has 112 valence electrons. The summed E-state index contributed by atoms with van der Waals surface area (Å²) in [7, 11) is 0. The molecule has 1 aromatic carbocycles. The van der Waals surface area contributed by atoms with Crippen LogP contribution in [-0.4, -0.2) is 17.8 Å². The van der Waals surface area contributed by atoms with Crippen molar-refractivity contribution >= 4 is 17.2 Å². The lowest BCUT2D eigenvalue weighted by Gasteiger charge is -2.20. The lowest BCUT2D eigenvalue weighted by atomic mass is 9.98. The summed E-state index contributed by atoms with van der Waals surface area (Å²) in [6.07, 6.45) is -4.49. The standard InChI is InChI=1S/C14H18F3NOS/c1-8(2)11-5-4-10(6-9(11)3)19-7-12(13(18)20)14(15,16)17/h4-6,8,12H,7H2,1-3H3,(H2,18,20). The second kappa shape index (κ2) is 6.43. The first-order chi connectivity index (χ1) is 9.12. The van der Waals surface area contributed by atoms with Crippen molar-refractivity contribution in [2.75, 3.05) is 6.61 Å². The van der Waals surface area contributed by atoms with Crippen LogP contribution < -0.4 is 10.5 Å². The molecule has 20 heavy (non-hydrogen) atoms. The van der Waals surface area contributed by atoms with Gasteiger partial charge in [0.25, 0.3) is 0 Å². The van der Waals surface area contributed by atoms with Gasteiger partial charge in [0, 0.05) is 0 Å². The Hall–Kier alpha value is -1.30. The fourth-order valence-corrected chi connectivity index (χ4v) is 2.10. The van der Waals surface area contributed by atoms with Gasteiger partial charge in [0.05, 0.1) is 4.99 Å². The smallest absolute Gasteiger partial charge is 0.401 e. The molecule has 0 radical (unpaired) electrons. The molecular formula is C14H18F3NOS. The molecule has 2 nitrogen and oxygen atoms in total. The first-order valence-corrected chi connectivity index (χ1v) is 6.63. The maximum Gasteiger partial charge on any atom is 0.401 e. The van der Waals surface area contributed by atoms with Crippen LogP contribution in [0.15, 0.2) is 18.2 Å². The molecule has 1 unspecified atom stereocenters. The summed E-state index contributed by atoms with van der Waals surface area (Å²) in [5.74, 6) is -1.19. The third-order valence-corrected chi connectivity index (χ3v) is 3.30.